The Labute approximate surface area is 107 Å². The number of esters is 1. The van der Waals surface area contributed by atoms with Crippen LogP contribution in [0.2, 0.25) is 0 Å². The molecule has 18 heavy (non-hydrogen) atoms. The summed E-state index contributed by atoms with van der Waals surface area (Å²) >= 11 is 0. The second-order valence-electron chi connectivity index (χ2n) is 3.49. The predicted octanol–water partition coefficient (Wildman–Crippen LogP) is 2.96. The minimum absolute atomic E-state index is 0.329. The van der Waals surface area contributed by atoms with Gasteiger partial charge in [-0.05, 0) is 12.0 Å². The van der Waals surface area contributed by atoms with Gasteiger partial charge in [-0.1, -0.05) is 43.8 Å². The van der Waals surface area contributed by atoms with Gasteiger partial charge in [-0.2, -0.15) is 0 Å². The molecular formula is C14H18O4. The van der Waals surface area contributed by atoms with Gasteiger partial charge < -0.3 is 9.84 Å². The van der Waals surface area contributed by atoms with Crippen LogP contribution in [-0.4, -0.2) is 17.0 Å². The van der Waals surface area contributed by atoms with Crippen LogP contribution in [0, 0.1) is 0 Å². The van der Waals surface area contributed by atoms with Crippen molar-refractivity contribution in [2.24, 2.45) is 0 Å². The summed E-state index contributed by atoms with van der Waals surface area (Å²) in [5.74, 6) is -1.43. The maximum absolute atomic E-state index is 10.7. The summed E-state index contributed by atoms with van der Waals surface area (Å²) < 4.78 is 4.17. The van der Waals surface area contributed by atoms with Crippen LogP contribution in [0.3, 0.4) is 0 Å². The van der Waals surface area contributed by atoms with Crippen LogP contribution in [-0.2, 0) is 14.3 Å². The molecule has 4 nitrogen and oxygen atoms in total. The van der Waals surface area contributed by atoms with Crippen molar-refractivity contribution in [1.29, 1.82) is 0 Å². The van der Waals surface area contributed by atoms with Gasteiger partial charge in [-0.3, -0.25) is 9.59 Å². The molecule has 98 valence electrons. The molecule has 0 aromatic heterocycles. The normalized spacial score (nSPS) is 10.6. The fraction of sp³-hybridized carbons (Fsp3) is 0.286. The minimum Gasteiger partial charge on any atom is -0.481 e. The van der Waals surface area contributed by atoms with Crippen molar-refractivity contribution in [2.75, 3.05) is 0 Å². The molecule has 0 saturated heterocycles. The third-order valence-corrected chi connectivity index (χ3v) is 2.16. The fourth-order valence-electron chi connectivity index (χ4n) is 1.36. The number of ether oxygens (including phenoxy) is 1. The highest BCUT2D eigenvalue weighted by Crippen LogP contribution is 2.18. The lowest BCUT2D eigenvalue weighted by molar-refractivity contribution is -0.139. The Morgan fingerprint density at radius 1 is 1.39 bits per heavy atom. The smallest absolute Gasteiger partial charge is 0.310 e. The number of carbonyl (C=O) groups is 2. The summed E-state index contributed by atoms with van der Waals surface area (Å²) in [6, 6.07) is 9.31. The van der Waals surface area contributed by atoms with Crippen molar-refractivity contribution in [3.63, 3.8) is 0 Å². The van der Waals surface area contributed by atoms with E-state index in [1.165, 1.54) is 6.92 Å². The molecule has 0 aliphatic heterocycles. The second kappa shape index (κ2) is 8.98. The number of rotatable bonds is 4. The number of carboxylic acids is 1. The van der Waals surface area contributed by atoms with Gasteiger partial charge >= 0.3 is 11.9 Å². The average molecular weight is 250 g/mol. The molecule has 0 heterocycles. The Kier molecular flexibility index (Phi) is 7.94. The van der Waals surface area contributed by atoms with E-state index in [2.05, 4.69) is 11.3 Å². The summed E-state index contributed by atoms with van der Waals surface area (Å²) in [6.45, 7) is 6.36. The number of hydrogen-bond acceptors (Lipinski definition) is 3. The molecule has 1 atom stereocenters. The molecule has 0 aliphatic rings. The fourth-order valence-corrected chi connectivity index (χ4v) is 1.36. The zero-order valence-corrected chi connectivity index (χ0v) is 10.6. The van der Waals surface area contributed by atoms with E-state index in [0.29, 0.717) is 6.42 Å². The summed E-state index contributed by atoms with van der Waals surface area (Å²) in [5, 5.41) is 8.83. The van der Waals surface area contributed by atoms with E-state index in [0.717, 1.165) is 11.8 Å². The van der Waals surface area contributed by atoms with E-state index in [1.54, 1.807) is 0 Å². The maximum Gasteiger partial charge on any atom is 0.310 e. The number of hydrogen-bond donors (Lipinski definition) is 1. The van der Waals surface area contributed by atoms with Gasteiger partial charge in [0.15, 0.2) is 0 Å². The highest BCUT2D eigenvalue weighted by Gasteiger charge is 2.16. The zero-order chi connectivity index (χ0) is 14.0. The van der Waals surface area contributed by atoms with E-state index in [9.17, 15) is 9.59 Å². The molecule has 0 fully saturated rings. The van der Waals surface area contributed by atoms with Crippen molar-refractivity contribution >= 4 is 11.9 Å². The largest absolute Gasteiger partial charge is 0.481 e. The number of carbonyl (C=O) groups excluding carboxylic acids is 1. The van der Waals surface area contributed by atoms with Crippen molar-refractivity contribution in [3.05, 3.63) is 48.7 Å². The van der Waals surface area contributed by atoms with Crippen LogP contribution in [0.25, 0.3) is 0 Å². The molecule has 1 N–H and O–H groups in total. The van der Waals surface area contributed by atoms with Gasteiger partial charge in [0.25, 0.3) is 0 Å². The summed E-state index contributed by atoms with van der Waals surface area (Å²) in [6.07, 6.45) is 1.74. The highest BCUT2D eigenvalue weighted by atomic mass is 16.5. The molecule has 0 spiro atoms. The van der Waals surface area contributed by atoms with Crippen LogP contribution < -0.4 is 0 Å². The summed E-state index contributed by atoms with van der Waals surface area (Å²) in [5.41, 5.74) is 0.882. The molecule has 1 rings (SSSR count). The zero-order valence-electron chi connectivity index (χ0n) is 10.6. The lowest BCUT2D eigenvalue weighted by Gasteiger charge is -2.08. The quantitative estimate of drug-likeness (QED) is 0.659. The second-order valence-corrected chi connectivity index (χ2v) is 3.49. The van der Waals surface area contributed by atoms with E-state index < -0.39 is 5.97 Å². The van der Waals surface area contributed by atoms with Gasteiger partial charge in [-0.15, -0.1) is 0 Å². The molecule has 1 aromatic carbocycles. The summed E-state index contributed by atoms with van der Waals surface area (Å²) in [4.78, 5) is 20.5. The van der Waals surface area contributed by atoms with E-state index in [1.807, 2.05) is 37.3 Å². The highest BCUT2D eigenvalue weighted by molar-refractivity contribution is 5.75. The Morgan fingerprint density at radius 3 is 2.22 bits per heavy atom. The molecule has 0 aliphatic carbocycles. The molecule has 1 aromatic rings. The molecule has 0 unspecified atom stereocenters. The molecule has 0 amide bonds. The maximum atomic E-state index is 10.7. The van der Waals surface area contributed by atoms with Crippen molar-refractivity contribution in [2.45, 2.75) is 26.2 Å². The van der Waals surface area contributed by atoms with Gasteiger partial charge in [0, 0.05) is 6.92 Å². The first-order valence-electron chi connectivity index (χ1n) is 5.58. The van der Waals surface area contributed by atoms with Crippen LogP contribution in [0.15, 0.2) is 43.2 Å². The van der Waals surface area contributed by atoms with Crippen LogP contribution in [0.1, 0.15) is 31.7 Å². The Bertz CT molecular complexity index is 384. The molecular weight excluding hydrogens is 232 g/mol. The molecule has 4 heteroatoms. The lowest BCUT2D eigenvalue weighted by Crippen LogP contribution is -2.09. The first-order chi connectivity index (χ1) is 8.52. The first-order valence-corrected chi connectivity index (χ1v) is 5.58. The molecule has 0 radical (unpaired) electrons. The standard InChI is InChI=1S/C10H12O2.C4H6O2/c1-2-9(10(11)12)8-6-4-3-5-7-8;1-3-6-4(2)5/h3-7,9H,2H2,1H3,(H,11,12);3H,1H2,2H3/t9-;/m1./s1. The van der Waals surface area contributed by atoms with Crippen LogP contribution in [0.5, 0.6) is 0 Å². The van der Waals surface area contributed by atoms with E-state index >= 15 is 0 Å². The van der Waals surface area contributed by atoms with Crippen molar-refractivity contribution in [3.8, 4) is 0 Å². The van der Waals surface area contributed by atoms with Gasteiger partial charge in [0.1, 0.15) is 0 Å². The minimum atomic E-state index is -0.747. The third-order valence-electron chi connectivity index (χ3n) is 2.16. The average Bonchev–Trinajstić information content (AvgIpc) is 2.31. The summed E-state index contributed by atoms with van der Waals surface area (Å²) in [7, 11) is 0. The Balaban J connectivity index is 0.000000411. The van der Waals surface area contributed by atoms with Crippen molar-refractivity contribution in [1.82, 2.24) is 0 Å². The van der Waals surface area contributed by atoms with Crippen LogP contribution >= 0.6 is 0 Å². The SMILES string of the molecule is C=COC(C)=O.CC[C@@H](C(=O)O)c1ccccc1. The Hall–Kier alpha value is -2.10. The topological polar surface area (TPSA) is 63.6 Å². The van der Waals surface area contributed by atoms with Gasteiger partial charge in [0.2, 0.25) is 0 Å². The number of carboxylic acid groups (broad SMARTS) is 1. The Morgan fingerprint density at radius 2 is 1.94 bits per heavy atom. The van der Waals surface area contributed by atoms with Crippen LogP contribution in [0.4, 0.5) is 0 Å². The van der Waals surface area contributed by atoms with Crippen molar-refractivity contribution < 1.29 is 19.4 Å². The number of aliphatic carboxylic acids is 1. The monoisotopic (exact) mass is 250 g/mol. The third kappa shape index (κ3) is 6.48. The van der Waals surface area contributed by atoms with E-state index in [-0.39, 0.29) is 11.9 Å². The molecule has 0 bridgehead atoms. The lowest BCUT2D eigenvalue weighted by atomic mass is 9.97. The van der Waals surface area contributed by atoms with Gasteiger partial charge in [-0.25, -0.2) is 0 Å². The molecule has 0 saturated carbocycles. The van der Waals surface area contributed by atoms with Gasteiger partial charge in [0.05, 0.1) is 12.2 Å². The van der Waals surface area contributed by atoms with E-state index in [4.69, 9.17) is 5.11 Å². The predicted molar refractivity (Wildman–Crippen MR) is 69.1 cm³/mol. The number of benzene rings is 1. The first kappa shape index (κ1) is 15.9.